The van der Waals surface area contributed by atoms with Crippen LogP contribution in [-0.4, -0.2) is 45.2 Å². The Morgan fingerprint density at radius 2 is 1.70 bits per heavy atom. The Kier molecular flexibility index (Phi) is 7.57. The van der Waals surface area contributed by atoms with Gasteiger partial charge in [0, 0.05) is 37.3 Å². The number of aliphatic hydroxyl groups excluding tert-OH is 3. The molecule has 0 spiro atoms. The molecule has 0 saturated heterocycles. The van der Waals surface area contributed by atoms with Gasteiger partial charge in [-0.3, -0.25) is 4.98 Å². The third-order valence-electron chi connectivity index (χ3n) is 2.90. The Balaban J connectivity index is 0.000000206. The summed E-state index contributed by atoms with van der Waals surface area (Å²) in [5, 5.41) is 35.6. The molecule has 0 unspecified atom stereocenters. The van der Waals surface area contributed by atoms with Crippen LogP contribution in [0.5, 0.6) is 5.75 Å². The molecular weight excluding hydrogens is 258 g/mol. The lowest BCUT2D eigenvalue weighted by Gasteiger charge is -2.07. The third-order valence-corrected chi connectivity index (χ3v) is 2.90. The molecule has 1 aromatic carbocycles. The molecule has 0 radical (unpaired) electrons. The lowest BCUT2D eigenvalue weighted by atomic mass is 10.1. The van der Waals surface area contributed by atoms with Gasteiger partial charge >= 0.3 is 0 Å². The summed E-state index contributed by atoms with van der Waals surface area (Å²) in [5.74, 6) is 0.195. The Morgan fingerprint density at radius 3 is 2.30 bits per heavy atom. The summed E-state index contributed by atoms with van der Waals surface area (Å²) < 4.78 is 0. The lowest BCUT2D eigenvalue weighted by molar-refractivity contribution is 0.136. The van der Waals surface area contributed by atoms with Crippen molar-refractivity contribution in [2.45, 2.75) is 12.8 Å². The first-order valence-electron chi connectivity index (χ1n) is 6.58. The molecule has 0 fully saturated rings. The summed E-state index contributed by atoms with van der Waals surface area (Å²) >= 11 is 0. The highest BCUT2D eigenvalue weighted by Gasteiger charge is 2.03. The van der Waals surface area contributed by atoms with Crippen LogP contribution in [0.4, 0.5) is 0 Å². The number of para-hydroxylation sites is 1. The Labute approximate surface area is 118 Å². The Bertz CT molecular complexity index is 495. The number of phenolic OH excluding ortho intramolecular Hbond substituents is 1. The second kappa shape index (κ2) is 9.25. The monoisotopic (exact) mass is 279 g/mol. The Hall–Kier alpha value is -1.69. The fraction of sp³-hybridized carbons (Fsp3) is 0.400. The normalized spacial score (nSPS) is 10.4. The van der Waals surface area contributed by atoms with Crippen LogP contribution in [0.2, 0.25) is 0 Å². The number of aromatic hydroxyl groups is 1. The van der Waals surface area contributed by atoms with Gasteiger partial charge in [0.25, 0.3) is 0 Å². The van der Waals surface area contributed by atoms with E-state index in [4.69, 9.17) is 15.3 Å². The van der Waals surface area contributed by atoms with Crippen LogP contribution in [0.3, 0.4) is 0 Å². The number of nitrogens with zero attached hydrogens (tertiary/aromatic N) is 1. The first-order valence-corrected chi connectivity index (χ1v) is 6.58. The van der Waals surface area contributed by atoms with Gasteiger partial charge in [-0.15, -0.1) is 0 Å². The highest BCUT2D eigenvalue weighted by Crippen LogP contribution is 2.20. The maximum Gasteiger partial charge on any atom is 0.141 e. The van der Waals surface area contributed by atoms with Crippen molar-refractivity contribution in [3.05, 3.63) is 36.5 Å². The maximum absolute atomic E-state index is 9.31. The first-order chi connectivity index (χ1) is 9.72. The summed E-state index contributed by atoms with van der Waals surface area (Å²) in [5.41, 5.74) is 0.662. The summed E-state index contributed by atoms with van der Waals surface area (Å²) in [6.07, 6.45) is 3.03. The van der Waals surface area contributed by atoms with Gasteiger partial charge in [0.05, 0.1) is 0 Å². The van der Waals surface area contributed by atoms with Crippen LogP contribution in [-0.2, 0) is 0 Å². The van der Waals surface area contributed by atoms with Crippen molar-refractivity contribution in [3.63, 3.8) is 0 Å². The van der Waals surface area contributed by atoms with Crippen molar-refractivity contribution in [1.82, 2.24) is 4.98 Å². The summed E-state index contributed by atoms with van der Waals surface area (Å²) in [6, 6.07) is 9.13. The molecule has 0 saturated carbocycles. The first kappa shape index (κ1) is 16.4. The standard InChI is InChI=1S/C9H7NO.C6H14O3/c11-8-5-1-3-7-4-2-6-10-9(7)8;7-3-1-2-6(4-8)5-9/h1-6,11H;6-9H,1-5H2. The van der Waals surface area contributed by atoms with Crippen LogP contribution < -0.4 is 0 Å². The van der Waals surface area contributed by atoms with Gasteiger partial charge in [-0.05, 0) is 25.0 Å². The minimum absolute atomic E-state index is 0.0104. The smallest absolute Gasteiger partial charge is 0.141 e. The lowest BCUT2D eigenvalue weighted by Crippen LogP contribution is -2.11. The number of aliphatic hydroxyl groups is 3. The van der Waals surface area contributed by atoms with Crippen LogP contribution in [0.15, 0.2) is 36.5 Å². The van der Waals surface area contributed by atoms with Crippen LogP contribution in [0.1, 0.15) is 12.8 Å². The minimum atomic E-state index is -0.0443. The zero-order valence-corrected chi connectivity index (χ0v) is 11.3. The van der Waals surface area contributed by atoms with Crippen LogP contribution in [0.25, 0.3) is 10.9 Å². The molecule has 0 aliphatic heterocycles. The third kappa shape index (κ3) is 5.13. The minimum Gasteiger partial charge on any atom is -0.506 e. The van der Waals surface area contributed by atoms with Crippen molar-refractivity contribution in [2.75, 3.05) is 19.8 Å². The molecule has 1 heterocycles. The second-order valence-electron chi connectivity index (χ2n) is 4.45. The number of benzene rings is 1. The van der Waals surface area contributed by atoms with E-state index in [1.165, 1.54) is 0 Å². The molecule has 4 N–H and O–H groups in total. The van der Waals surface area contributed by atoms with Crippen molar-refractivity contribution >= 4 is 10.9 Å². The van der Waals surface area contributed by atoms with Crippen molar-refractivity contribution < 1.29 is 20.4 Å². The van der Waals surface area contributed by atoms with Gasteiger partial charge in [-0.2, -0.15) is 0 Å². The topological polar surface area (TPSA) is 93.8 Å². The number of rotatable bonds is 5. The largest absolute Gasteiger partial charge is 0.506 e. The van der Waals surface area contributed by atoms with Gasteiger partial charge in [0.2, 0.25) is 0 Å². The summed E-state index contributed by atoms with van der Waals surface area (Å²) in [7, 11) is 0. The van der Waals surface area contributed by atoms with Gasteiger partial charge < -0.3 is 20.4 Å². The zero-order chi connectivity index (χ0) is 14.8. The number of hydrogen-bond acceptors (Lipinski definition) is 5. The molecule has 2 rings (SSSR count). The quantitative estimate of drug-likeness (QED) is 0.662. The SMILES string of the molecule is OCCCC(CO)CO.Oc1cccc2cccnc12. The fourth-order valence-corrected chi connectivity index (χ4v) is 1.71. The van der Waals surface area contributed by atoms with Crippen LogP contribution in [0, 0.1) is 5.92 Å². The molecule has 0 bridgehead atoms. The highest BCUT2D eigenvalue weighted by molar-refractivity contribution is 5.83. The van der Waals surface area contributed by atoms with E-state index in [-0.39, 0.29) is 31.5 Å². The van der Waals surface area contributed by atoms with Crippen molar-refractivity contribution in [1.29, 1.82) is 0 Å². The average molecular weight is 279 g/mol. The van der Waals surface area contributed by atoms with E-state index in [1.807, 2.05) is 18.2 Å². The van der Waals surface area contributed by atoms with E-state index in [2.05, 4.69) is 4.98 Å². The van der Waals surface area contributed by atoms with Crippen LogP contribution >= 0.6 is 0 Å². The summed E-state index contributed by atoms with van der Waals surface area (Å²) in [6.45, 7) is 0.156. The molecule has 0 atom stereocenters. The van der Waals surface area contributed by atoms with E-state index in [0.717, 1.165) is 5.39 Å². The molecule has 2 aromatic rings. The highest BCUT2D eigenvalue weighted by atomic mass is 16.3. The molecule has 1 aromatic heterocycles. The summed E-state index contributed by atoms with van der Waals surface area (Å²) in [4.78, 5) is 4.03. The predicted octanol–water partition coefficient (Wildman–Crippen LogP) is 1.30. The van der Waals surface area contributed by atoms with E-state index in [9.17, 15) is 5.11 Å². The van der Waals surface area contributed by atoms with Gasteiger partial charge in [0.15, 0.2) is 0 Å². The zero-order valence-electron chi connectivity index (χ0n) is 11.3. The number of fused-ring (bicyclic) bond motifs is 1. The van der Waals surface area contributed by atoms with E-state index >= 15 is 0 Å². The second-order valence-corrected chi connectivity index (χ2v) is 4.45. The molecule has 0 amide bonds. The fourth-order valence-electron chi connectivity index (χ4n) is 1.71. The molecule has 5 nitrogen and oxygen atoms in total. The van der Waals surface area contributed by atoms with Crippen molar-refractivity contribution in [2.24, 2.45) is 5.92 Å². The number of phenols is 1. The molecular formula is C15H21NO4. The van der Waals surface area contributed by atoms with E-state index in [1.54, 1.807) is 18.3 Å². The average Bonchev–Trinajstić information content (AvgIpc) is 2.50. The van der Waals surface area contributed by atoms with Gasteiger partial charge in [-0.25, -0.2) is 0 Å². The van der Waals surface area contributed by atoms with Gasteiger partial charge in [-0.1, -0.05) is 18.2 Å². The molecule has 110 valence electrons. The number of aromatic nitrogens is 1. The van der Waals surface area contributed by atoms with Gasteiger partial charge in [0.1, 0.15) is 11.3 Å². The maximum atomic E-state index is 9.31. The molecule has 20 heavy (non-hydrogen) atoms. The van der Waals surface area contributed by atoms with E-state index in [0.29, 0.717) is 18.4 Å². The molecule has 5 heteroatoms. The molecule has 0 aliphatic rings. The van der Waals surface area contributed by atoms with E-state index < -0.39 is 0 Å². The Morgan fingerprint density at radius 1 is 1.00 bits per heavy atom. The number of hydrogen-bond donors (Lipinski definition) is 4. The molecule has 0 aliphatic carbocycles. The predicted molar refractivity (Wildman–Crippen MR) is 77.4 cm³/mol. The number of pyridine rings is 1. The van der Waals surface area contributed by atoms with Crippen molar-refractivity contribution in [3.8, 4) is 5.75 Å².